The number of hydrogen-bond acceptors (Lipinski definition) is 6. The van der Waals surface area contributed by atoms with Gasteiger partial charge in [0.1, 0.15) is 5.69 Å². The van der Waals surface area contributed by atoms with Crippen LogP contribution in [0.5, 0.6) is 0 Å². The molecule has 2 rings (SSSR count). The lowest BCUT2D eigenvalue weighted by Gasteiger charge is -2.13. The number of carboxylic acid groups (broad SMARTS) is 1. The Bertz CT molecular complexity index is 563. The van der Waals surface area contributed by atoms with Crippen molar-refractivity contribution in [2.45, 2.75) is 19.1 Å². The van der Waals surface area contributed by atoms with Crippen molar-refractivity contribution >= 4 is 5.97 Å². The van der Waals surface area contributed by atoms with Crippen LogP contribution < -0.4 is 0 Å². The van der Waals surface area contributed by atoms with E-state index in [1.54, 1.807) is 17.1 Å². The number of aromatic nitrogens is 6. The fourth-order valence-corrected chi connectivity index (χ4v) is 1.69. The minimum absolute atomic E-state index is 0.110. The number of aliphatic carboxylic acids is 1. The summed E-state index contributed by atoms with van der Waals surface area (Å²) in [5.41, 5.74) is 0.746. The first-order valence-electron chi connectivity index (χ1n) is 5.59. The molecule has 9 heteroatoms. The molecule has 0 aliphatic carbocycles. The molecule has 9 nitrogen and oxygen atoms in total. The van der Waals surface area contributed by atoms with Gasteiger partial charge in [-0.15, -0.1) is 5.10 Å². The van der Waals surface area contributed by atoms with Crippen LogP contribution in [0.3, 0.4) is 0 Å². The van der Waals surface area contributed by atoms with E-state index in [2.05, 4.69) is 20.5 Å². The van der Waals surface area contributed by atoms with E-state index in [9.17, 15) is 4.79 Å². The summed E-state index contributed by atoms with van der Waals surface area (Å²) in [6.45, 7) is 0.260. The smallest absolute Gasteiger partial charge is 0.306 e. The molecule has 0 spiro atoms. The van der Waals surface area contributed by atoms with Crippen LogP contribution >= 0.6 is 0 Å². The molecule has 1 atom stereocenters. The third-order valence-electron chi connectivity index (χ3n) is 2.69. The van der Waals surface area contributed by atoms with E-state index in [1.165, 1.54) is 11.8 Å². The first kappa shape index (κ1) is 13.1. The second-order valence-corrected chi connectivity index (χ2v) is 4.03. The zero-order valence-corrected chi connectivity index (χ0v) is 10.6. The maximum atomic E-state index is 10.7. The van der Waals surface area contributed by atoms with E-state index in [4.69, 9.17) is 9.84 Å². The van der Waals surface area contributed by atoms with E-state index in [0.29, 0.717) is 5.82 Å². The summed E-state index contributed by atoms with van der Waals surface area (Å²) in [6, 6.07) is 0. The van der Waals surface area contributed by atoms with Gasteiger partial charge in [-0.3, -0.25) is 4.79 Å². The third-order valence-corrected chi connectivity index (χ3v) is 2.69. The Morgan fingerprint density at radius 2 is 2.37 bits per heavy atom. The molecule has 0 bridgehead atoms. The summed E-state index contributed by atoms with van der Waals surface area (Å²) in [7, 11) is 3.29. The van der Waals surface area contributed by atoms with Gasteiger partial charge in [-0.05, 0) is 10.4 Å². The largest absolute Gasteiger partial charge is 0.481 e. The van der Waals surface area contributed by atoms with Gasteiger partial charge in [0.25, 0.3) is 0 Å². The molecule has 0 saturated heterocycles. The number of aryl methyl sites for hydroxylation is 1. The number of imidazole rings is 1. The Labute approximate surface area is 108 Å². The van der Waals surface area contributed by atoms with Crippen molar-refractivity contribution in [3.8, 4) is 11.5 Å². The number of carbonyl (C=O) groups is 1. The standard InChI is InChI=1S/C10H14N6O3/c1-15-6-11-4-8(15)10-12-13-14-16(10)5-7(19-2)3-9(17)18/h4,6-7H,3,5H2,1-2H3,(H,17,18). The Balaban J connectivity index is 2.20. The van der Waals surface area contributed by atoms with Crippen molar-refractivity contribution in [3.05, 3.63) is 12.5 Å². The van der Waals surface area contributed by atoms with Gasteiger partial charge in [0.2, 0.25) is 0 Å². The highest BCUT2D eigenvalue weighted by molar-refractivity contribution is 5.67. The number of carboxylic acids is 1. The third kappa shape index (κ3) is 2.94. The SMILES string of the molecule is COC(CC(=O)O)Cn1nnnc1-c1cncn1C. The van der Waals surface area contributed by atoms with E-state index >= 15 is 0 Å². The molecule has 0 fully saturated rings. The first-order valence-corrected chi connectivity index (χ1v) is 5.59. The van der Waals surface area contributed by atoms with Crippen LogP contribution in [-0.4, -0.2) is 54.0 Å². The lowest BCUT2D eigenvalue weighted by Crippen LogP contribution is -2.23. The Morgan fingerprint density at radius 1 is 1.58 bits per heavy atom. The molecule has 2 aromatic rings. The number of ether oxygens (including phenoxy) is 1. The molecule has 0 aromatic carbocycles. The van der Waals surface area contributed by atoms with Crippen LogP contribution in [0.1, 0.15) is 6.42 Å². The molecule has 2 aromatic heterocycles. The predicted octanol–water partition coefficient (Wildman–Crippen LogP) is -0.437. The van der Waals surface area contributed by atoms with E-state index in [0.717, 1.165) is 5.69 Å². The molecule has 1 N–H and O–H groups in total. The van der Waals surface area contributed by atoms with E-state index in [-0.39, 0.29) is 13.0 Å². The van der Waals surface area contributed by atoms with Crippen molar-refractivity contribution in [3.63, 3.8) is 0 Å². The summed E-state index contributed by atoms with van der Waals surface area (Å²) >= 11 is 0. The minimum atomic E-state index is -0.929. The number of hydrogen-bond donors (Lipinski definition) is 1. The van der Waals surface area contributed by atoms with Gasteiger partial charge in [0.05, 0.1) is 31.6 Å². The molecule has 0 radical (unpaired) electrons. The zero-order valence-electron chi connectivity index (χ0n) is 10.6. The summed E-state index contributed by atoms with van der Waals surface area (Å²) < 4.78 is 8.40. The predicted molar refractivity (Wildman–Crippen MR) is 63.1 cm³/mol. The molecule has 102 valence electrons. The van der Waals surface area contributed by atoms with Gasteiger partial charge in [0.15, 0.2) is 5.82 Å². The Kier molecular flexibility index (Phi) is 3.85. The second kappa shape index (κ2) is 5.57. The van der Waals surface area contributed by atoms with Gasteiger partial charge in [-0.1, -0.05) is 0 Å². The van der Waals surface area contributed by atoms with Gasteiger partial charge < -0.3 is 14.4 Å². The molecule has 0 amide bonds. The normalized spacial score (nSPS) is 12.5. The molecule has 1 unspecified atom stereocenters. The molecule has 0 aliphatic rings. The average Bonchev–Trinajstić information content (AvgIpc) is 2.96. The highest BCUT2D eigenvalue weighted by atomic mass is 16.5. The van der Waals surface area contributed by atoms with Crippen LogP contribution in [0, 0.1) is 0 Å². The monoisotopic (exact) mass is 266 g/mol. The van der Waals surface area contributed by atoms with Gasteiger partial charge in [-0.25, -0.2) is 9.67 Å². The second-order valence-electron chi connectivity index (χ2n) is 4.03. The number of rotatable bonds is 6. The number of methoxy groups -OCH3 is 1. The fourth-order valence-electron chi connectivity index (χ4n) is 1.69. The lowest BCUT2D eigenvalue weighted by atomic mass is 10.2. The fraction of sp³-hybridized carbons (Fsp3) is 0.500. The topological polar surface area (TPSA) is 108 Å². The summed E-state index contributed by atoms with van der Waals surface area (Å²) in [5.74, 6) is -0.408. The van der Waals surface area contributed by atoms with Crippen LogP contribution in [0.2, 0.25) is 0 Å². The van der Waals surface area contributed by atoms with Gasteiger partial charge in [-0.2, -0.15) is 0 Å². The molecule has 19 heavy (non-hydrogen) atoms. The highest BCUT2D eigenvalue weighted by Crippen LogP contribution is 2.15. The quantitative estimate of drug-likeness (QED) is 0.755. The molecular formula is C10H14N6O3. The van der Waals surface area contributed by atoms with Gasteiger partial charge >= 0.3 is 5.97 Å². The minimum Gasteiger partial charge on any atom is -0.481 e. The summed E-state index contributed by atoms with van der Waals surface area (Å²) in [4.78, 5) is 14.7. The zero-order chi connectivity index (χ0) is 13.8. The van der Waals surface area contributed by atoms with Crippen molar-refractivity contribution in [1.82, 2.24) is 29.8 Å². The van der Waals surface area contributed by atoms with Gasteiger partial charge in [0, 0.05) is 14.2 Å². The molecule has 0 saturated carbocycles. The van der Waals surface area contributed by atoms with E-state index < -0.39 is 12.1 Å². The maximum Gasteiger partial charge on any atom is 0.306 e. The van der Waals surface area contributed by atoms with Crippen LogP contribution in [-0.2, 0) is 23.1 Å². The Hall–Kier alpha value is -2.29. The van der Waals surface area contributed by atoms with E-state index in [1.807, 2.05) is 7.05 Å². The summed E-state index contributed by atoms with van der Waals surface area (Å²) in [6.07, 6.45) is 2.68. The van der Waals surface area contributed by atoms with Crippen molar-refractivity contribution in [2.24, 2.45) is 7.05 Å². The number of tetrazole rings is 1. The van der Waals surface area contributed by atoms with Crippen LogP contribution in [0.25, 0.3) is 11.5 Å². The summed E-state index contributed by atoms with van der Waals surface area (Å²) in [5, 5.41) is 20.2. The highest BCUT2D eigenvalue weighted by Gasteiger charge is 2.18. The average molecular weight is 266 g/mol. The molecular weight excluding hydrogens is 252 g/mol. The van der Waals surface area contributed by atoms with Crippen molar-refractivity contribution < 1.29 is 14.6 Å². The molecule has 0 aliphatic heterocycles. The first-order chi connectivity index (χ1) is 9.11. The molecule has 2 heterocycles. The maximum absolute atomic E-state index is 10.7. The van der Waals surface area contributed by atoms with Crippen LogP contribution in [0.4, 0.5) is 0 Å². The Morgan fingerprint density at radius 3 is 2.95 bits per heavy atom. The number of nitrogens with zero attached hydrogens (tertiary/aromatic N) is 6. The van der Waals surface area contributed by atoms with Crippen molar-refractivity contribution in [1.29, 1.82) is 0 Å². The van der Waals surface area contributed by atoms with Crippen molar-refractivity contribution in [2.75, 3.05) is 7.11 Å². The van der Waals surface area contributed by atoms with Crippen LogP contribution in [0.15, 0.2) is 12.5 Å². The lowest BCUT2D eigenvalue weighted by molar-refractivity contribution is -0.140.